The normalized spacial score (nSPS) is 24.0. The van der Waals surface area contributed by atoms with Crippen molar-refractivity contribution in [3.63, 3.8) is 0 Å². The predicted octanol–water partition coefficient (Wildman–Crippen LogP) is 2.01. The van der Waals surface area contributed by atoms with E-state index in [0.717, 1.165) is 4.90 Å². The standard InChI is InChI=1S/C14H19NO2S/c1-11-9-15(8-7-13(11)16)14(17)10-18-12-5-3-2-4-6-12/h2-6,11,13,16H,7-10H2,1H3. The first kappa shape index (κ1) is 13.4. The average Bonchev–Trinajstić information content (AvgIpc) is 2.40. The van der Waals surface area contributed by atoms with Crippen LogP contribution in [0.25, 0.3) is 0 Å². The first-order valence-electron chi connectivity index (χ1n) is 6.30. The average molecular weight is 265 g/mol. The van der Waals surface area contributed by atoms with Gasteiger partial charge >= 0.3 is 0 Å². The van der Waals surface area contributed by atoms with Crippen LogP contribution in [0.5, 0.6) is 0 Å². The quantitative estimate of drug-likeness (QED) is 0.850. The van der Waals surface area contributed by atoms with Gasteiger partial charge in [-0.1, -0.05) is 25.1 Å². The SMILES string of the molecule is CC1CN(C(=O)CSc2ccccc2)CCC1O. The number of hydrogen-bond acceptors (Lipinski definition) is 3. The monoisotopic (exact) mass is 265 g/mol. The highest BCUT2D eigenvalue weighted by Crippen LogP contribution is 2.20. The molecule has 1 saturated heterocycles. The number of amides is 1. The molecular weight excluding hydrogens is 246 g/mol. The molecule has 18 heavy (non-hydrogen) atoms. The molecule has 0 bridgehead atoms. The zero-order chi connectivity index (χ0) is 13.0. The fourth-order valence-corrected chi connectivity index (χ4v) is 2.94. The number of carbonyl (C=O) groups is 1. The summed E-state index contributed by atoms with van der Waals surface area (Å²) in [5.41, 5.74) is 0. The zero-order valence-electron chi connectivity index (χ0n) is 10.6. The second kappa shape index (κ2) is 6.25. The smallest absolute Gasteiger partial charge is 0.232 e. The maximum Gasteiger partial charge on any atom is 0.232 e. The third kappa shape index (κ3) is 3.50. The highest BCUT2D eigenvalue weighted by molar-refractivity contribution is 8.00. The molecule has 1 aliphatic rings. The van der Waals surface area contributed by atoms with Gasteiger partial charge in [-0.25, -0.2) is 0 Å². The zero-order valence-corrected chi connectivity index (χ0v) is 11.4. The summed E-state index contributed by atoms with van der Waals surface area (Å²) in [6.45, 7) is 3.35. The van der Waals surface area contributed by atoms with E-state index in [9.17, 15) is 9.90 Å². The van der Waals surface area contributed by atoms with E-state index >= 15 is 0 Å². The number of thioether (sulfide) groups is 1. The Bertz CT molecular complexity index is 396. The minimum absolute atomic E-state index is 0.169. The Hall–Kier alpha value is -1.00. The van der Waals surface area contributed by atoms with Crippen LogP contribution in [0.2, 0.25) is 0 Å². The molecule has 0 spiro atoms. The van der Waals surface area contributed by atoms with Crippen LogP contribution in [0.3, 0.4) is 0 Å². The number of aliphatic hydroxyl groups is 1. The molecule has 0 aromatic heterocycles. The molecule has 0 radical (unpaired) electrons. The summed E-state index contributed by atoms with van der Waals surface area (Å²) in [5, 5.41) is 9.64. The number of nitrogens with zero attached hydrogens (tertiary/aromatic N) is 1. The van der Waals surface area contributed by atoms with Crippen LogP contribution in [-0.2, 0) is 4.79 Å². The van der Waals surface area contributed by atoms with E-state index in [0.29, 0.717) is 25.3 Å². The molecule has 1 aliphatic heterocycles. The Balaban J connectivity index is 1.82. The van der Waals surface area contributed by atoms with E-state index in [2.05, 4.69) is 0 Å². The van der Waals surface area contributed by atoms with Gasteiger partial charge in [0, 0.05) is 18.0 Å². The highest BCUT2D eigenvalue weighted by atomic mass is 32.2. The van der Waals surface area contributed by atoms with Crippen molar-refractivity contribution in [2.75, 3.05) is 18.8 Å². The number of hydrogen-bond donors (Lipinski definition) is 1. The number of piperidine rings is 1. The molecule has 1 aromatic rings. The van der Waals surface area contributed by atoms with Crippen LogP contribution in [0.1, 0.15) is 13.3 Å². The summed E-state index contributed by atoms with van der Waals surface area (Å²) in [6.07, 6.45) is 0.443. The lowest BCUT2D eigenvalue weighted by Gasteiger charge is -2.34. The molecule has 98 valence electrons. The molecular formula is C14H19NO2S. The highest BCUT2D eigenvalue weighted by Gasteiger charge is 2.26. The third-order valence-corrected chi connectivity index (χ3v) is 4.32. The van der Waals surface area contributed by atoms with Gasteiger partial charge in [0.15, 0.2) is 0 Å². The summed E-state index contributed by atoms with van der Waals surface area (Å²) < 4.78 is 0. The van der Waals surface area contributed by atoms with Gasteiger partial charge in [0.2, 0.25) is 5.91 Å². The molecule has 1 amide bonds. The molecule has 0 saturated carbocycles. The molecule has 2 atom stereocenters. The third-order valence-electron chi connectivity index (χ3n) is 3.32. The number of aliphatic hydroxyl groups excluding tert-OH is 1. The molecule has 2 unspecified atom stereocenters. The van der Waals surface area contributed by atoms with E-state index in [4.69, 9.17) is 0 Å². The van der Waals surface area contributed by atoms with Crippen LogP contribution in [0.4, 0.5) is 0 Å². The number of rotatable bonds is 3. The van der Waals surface area contributed by atoms with Crippen LogP contribution >= 0.6 is 11.8 Å². The van der Waals surface area contributed by atoms with E-state index in [1.165, 1.54) is 0 Å². The van der Waals surface area contributed by atoms with Gasteiger partial charge in [-0.2, -0.15) is 0 Å². The summed E-state index contributed by atoms with van der Waals surface area (Å²) in [6, 6.07) is 9.96. The van der Waals surface area contributed by atoms with Crippen molar-refractivity contribution in [3.05, 3.63) is 30.3 Å². The van der Waals surface area contributed by atoms with Crippen molar-refractivity contribution in [1.82, 2.24) is 4.90 Å². The molecule has 3 nitrogen and oxygen atoms in total. The first-order chi connectivity index (χ1) is 8.66. The molecule has 1 fully saturated rings. The number of benzene rings is 1. The first-order valence-corrected chi connectivity index (χ1v) is 7.29. The van der Waals surface area contributed by atoms with Crippen LogP contribution in [0, 0.1) is 5.92 Å². The van der Waals surface area contributed by atoms with Crippen molar-refractivity contribution in [2.45, 2.75) is 24.3 Å². The van der Waals surface area contributed by atoms with Gasteiger partial charge in [0.25, 0.3) is 0 Å². The van der Waals surface area contributed by atoms with Crippen molar-refractivity contribution >= 4 is 17.7 Å². The summed E-state index contributed by atoms with van der Waals surface area (Å²) in [4.78, 5) is 15.0. The summed E-state index contributed by atoms with van der Waals surface area (Å²) in [7, 11) is 0. The van der Waals surface area contributed by atoms with Crippen molar-refractivity contribution in [1.29, 1.82) is 0 Å². The minimum atomic E-state index is -0.254. The Morgan fingerprint density at radius 2 is 2.17 bits per heavy atom. The van der Waals surface area contributed by atoms with Crippen LogP contribution < -0.4 is 0 Å². The van der Waals surface area contributed by atoms with E-state index in [-0.39, 0.29) is 17.9 Å². The molecule has 2 rings (SSSR count). The van der Waals surface area contributed by atoms with Gasteiger partial charge < -0.3 is 10.0 Å². The Kier molecular flexibility index (Phi) is 4.66. The number of carbonyl (C=O) groups excluding carboxylic acids is 1. The van der Waals surface area contributed by atoms with Crippen molar-refractivity contribution in [2.24, 2.45) is 5.92 Å². The van der Waals surface area contributed by atoms with E-state index in [1.54, 1.807) is 11.8 Å². The Labute approximate surface area is 112 Å². The lowest BCUT2D eigenvalue weighted by molar-refractivity contribution is -0.131. The molecule has 1 heterocycles. The fourth-order valence-electron chi connectivity index (χ4n) is 2.11. The lowest BCUT2D eigenvalue weighted by Crippen LogP contribution is -2.45. The van der Waals surface area contributed by atoms with Gasteiger partial charge in [-0.05, 0) is 24.5 Å². The maximum absolute atomic E-state index is 12.0. The largest absolute Gasteiger partial charge is 0.393 e. The van der Waals surface area contributed by atoms with Gasteiger partial charge in [0.05, 0.1) is 11.9 Å². The fraction of sp³-hybridized carbons (Fsp3) is 0.500. The molecule has 1 aromatic carbocycles. The maximum atomic E-state index is 12.0. The van der Waals surface area contributed by atoms with E-state index in [1.807, 2.05) is 42.2 Å². The second-order valence-electron chi connectivity index (χ2n) is 4.77. The van der Waals surface area contributed by atoms with Gasteiger partial charge in [0.1, 0.15) is 0 Å². The van der Waals surface area contributed by atoms with Gasteiger partial charge in [-0.3, -0.25) is 4.79 Å². The summed E-state index contributed by atoms with van der Waals surface area (Å²) in [5.74, 6) is 0.833. The topological polar surface area (TPSA) is 40.5 Å². The molecule has 1 N–H and O–H groups in total. The van der Waals surface area contributed by atoms with Crippen molar-refractivity contribution in [3.8, 4) is 0 Å². The Morgan fingerprint density at radius 1 is 1.44 bits per heavy atom. The van der Waals surface area contributed by atoms with Crippen LogP contribution in [0.15, 0.2) is 35.2 Å². The van der Waals surface area contributed by atoms with E-state index < -0.39 is 0 Å². The summed E-state index contributed by atoms with van der Waals surface area (Å²) >= 11 is 1.57. The lowest BCUT2D eigenvalue weighted by atomic mass is 9.97. The Morgan fingerprint density at radius 3 is 2.83 bits per heavy atom. The molecule has 4 heteroatoms. The second-order valence-corrected chi connectivity index (χ2v) is 5.82. The minimum Gasteiger partial charge on any atom is -0.393 e. The molecule has 0 aliphatic carbocycles. The van der Waals surface area contributed by atoms with Crippen LogP contribution in [-0.4, -0.2) is 40.9 Å². The number of likely N-dealkylation sites (tertiary alicyclic amines) is 1. The van der Waals surface area contributed by atoms with Gasteiger partial charge in [-0.15, -0.1) is 11.8 Å². The van der Waals surface area contributed by atoms with Crippen molar-refractivity contribution < 1.29 is 9.90 Å². The predicted molar refractivity (Wildman–Crippen MR) is 73.5 cm³/mol.